The fourth-order valence-electron chi connectivity index (χ4n) is 1.83. The minimum Gasteiger partial charge on any atom is -0.481 e. The predicted octanol–water partition coefficient (Wildman–Crippen LogP) is 1.73. The number of tetrazole rings is 1. The Balaban J connectivity index is 2.23. The maximum atomic E-state index is 13.2. The minimum atomic E-state index is -0.990. The fraction of sp³-hybridized carbons (Fsp3) is 0.333. The Morgan fingerprint density at radius 3 is 2.80 bits per heavy atom. The Bertz CT molecular complexity index is 630. The SMILES string of the molecule is CC(CC(=O)O)Cn1nnnc1-c1ccc(F)c(F)c1. The molecule has 1 heterocycles. The number of hydrogen-bond donors (Lipinski definition) is 1. The summed E-state index contributed by atoms with van der Waals surface area (Å²) in [6, 6.07) is 3.35. The molecule has 0 aliphatic carbocycles. The fourth-order valence-corrected chi connectivity index (χ4v) is 1.83. The maximum Gasteiger partial charge on any atom is 0.303 e. The molecule has 0 bridgehead atoms. The lowest BCUT2D eigenvalue weighted by Gasteiger charge is -2.10. The highest BCUT2D eigenvalue weighted by Crippen LogP contribution is 2.19. The molecule has 2 rings (SSSR count). The number of carboxylic acids is 1. The number of rotatable bonds is 5. The van der Waals surface area contributed by atoms with E-state index in [-0.39, 0.29) is 24.7 Å². The topological polar surface area (TPSA) is 80.9 Å². The van der Waals surface area contributed by atoms with Gasteiger partial charge in [0, 0.05) is 18.5 Å². The normalized spacial score (nSPS) is 12.3. The van der Waals surface area contributed by atoms with E-state index in [1.807, 2.05) is 0 Å². The van der Waals surface area contributed by atoms with Gasteiger partial charge in [-0.3, -0.25) is 4.79 Å². The van der Waals surface area contributed by atoms with E-state index in [0.717, 1.165) is 12.1 Å². The Labute approximate surface area is 113 Å². The third-order valence-corrected chi connectivity index (χ3v) is 2.72. The molecular formula is C12H12F2N4O2. The predicted molar refractivity (Wildman–Crippen MR) is 64.6 cm³/mol. The molecule has 106 valence electrons. The van der Waals surface area contributed by atoms with Crippen molar-refractivity contribution >= 4 is 5.97 Å². The van der Waals surface area contributed by atoms with Crippen molar-refractivity contribution in [1.29, 1.82) is 0 Å². The summed E-state index contributed by atoms with van der Waals surface area (Å²) in [6.07, 6.45) is -0.0307. The first-order valence-electron chi connectivity index (χ1n) is 5.90. The highest BCUT2D eigenvalue weighted by molar-refractivity contribution is 5.66. The van der Waals surface area contributed by atoms with Crippen molar-refractivity contribution in [2.24, 2.45) is 5.92 Å². The number of carbonyl (C=O) groups is 1. The van der Waals surface area contributed by atoms with Gasteiger partial charge in [-0.2, -0.15) is 0 Å². The van der Waals surface area contributed by atoms with Crippen LogP contribution in [0.15, 0.2) is 18.2 Å². The van der Waals surface area contributed by atoms with E-state index in [0.29, 0.717) is 5.56 Å². The molecule has 0 saturated heterocycles. The molecule has 1 aromatic heterocycles. The molecule has 1 unspecified atom stereocenters. The van der Waals surface area contributed by atoms with Gasteiger partial charge in [0.15, 0.2) is 17.5 Å². The molecule has 8 heteroatoms. The summed E-state index contributed by atoms with van der Waals surface area (Å²) in [7, 11) is 0. The van der Waals surface area contributed by atoms with Crippen molar-refractivity contribution < 1.29 is 18.7 Å². The summed E-state index contributed by atoms with van der Waals surface area (Å²) in [5.74, 6) is -2.79. The Morgan fingerprint density at radius 1 is 1.40 bits per heavy atom. The molecule has 0 aliphatic heterocycles. The second-order valence-corrected chi connectivity index (χ2v) is 4.52. The summed E-state index contributed by atoms with van der Waals surface area (Å²) >= 11 is 0. The van der Waals surface area contributed by atoms with E-state index >= 15 is 0 Å². The van der Waals surface area contributed by atoms with Gasteiger partial charge in [-0.1, -0.05) is 6.92 Å². The summed E-state index contributed by atoms with van der Waals surface area (Å²) in [5, 5.41) is 19.7. The number of carboxylic acid groups (broad SMARTS) is 1. The van der Waals surface area contributed by atoms with Crippen LogP contribution in [0.5, 0.6) is 0 Å². The molecule has 20 heavy (non-hydrogen) atoms. The zero-order valence-corrected chi connectivity index (χ0v) is 10.6. The highest BCUT2D eigenvalue weighted by Gasteiger charge is 2.15. The van der Waals surface area contributed by atoms with Crippen molar-refractivity contribution in [3.05, 3.63) is 29.8 Å². The van der Waals surface area contributed by atoms with Crippen LogP contribution in [0.3, 0.4) is 0 Å². The first kappa shape index (κ1) is 14.0. The molecule has 0 aliphatic rings. The third kappa shape index (κ3) is 3.14. The van der Waals surface area contributed by atoms with Crippen LogP contribution in [0.4, 0.5) is 8.78 Å². The zero-order valence-electron chi connectivity index (χ0n) is 10.6. The van der Waals surface area contributed by atoms with E-state index in [1.54, 1.807) is 6.92 Å². The molecule has 0 saturated carbocycles. The molecule has 1 aromatic carbocycles. The van der Waals surface area contributed by atoms with Crippen LogP contribution in [0, 0.1) is 17.6 Å². The number of aromatic nitrogens is 4. The smallest absolute Gasteiger partial charge is 0.303 e. The summed E-state index contributed by atoms with van der Waals surface area (Å²) in [5.41, 5.74) is 0.330. The molecule has 6 nitrogen and oxygen atoms in total. The second kappa shape index (κ2) is 5.72. The molecule has 0 spiro atoms. The summed E-state index contributed by atoms with van der Waals surface area (Å²) < 4.78 is 27.5. The van der Waals surface area contributed by atoms with E-state index in [9.17, 15) is 13.6 Å². The van der Waals surface area contributed by atoms with Gasteiger partial charge in [-0.25, -0.2) is 13.5 Å². The van der Waals surface area contributed by atoms with Crippen LogP contribution in [-0.2, 0) is 11.3 Å². The van der Waals surface area contributed by atoms with Crippen LogP contribution in [0.1, 0.15) is 13.3 Å². The van der Waals surface area contributed by atoms with Gasteiger partial charge < -0.3 is 5.11 Å². The van der Waals surface area contributed by atoms with Gasteiger partial charge in [0.25, 0.3) is 0 Å². The molecule has 1 atom stereocenters. The van der Waals surface area contributed by atoms with Gasteiger partial charge in [0.2, 0.25) is 0 Å². The van der Waals surface area contributed by atoms with Gasteiger partial charge in [0.05, 0.1) is 0 Å². The lowest BCUT2D eigenvalue weighted by Crippen LogP contribution is -2.14. The molecule has 0 radical (unpaired) electrons. The van der Waals surface area contributed by atoms with E-state index in [4.69, 9.17) is 5.11 Å². The van der Waals surface area contributed by atoms with Crippen LogP contribution < -0.4 is 0 Å². The lowest BCUT2D eigenvalue weighted by atomic mass is 10.1. The van der Waals surface area contributed by atoms with Crippen LogP contribution in [-0.4, -0.2) is 31.3 Å². The number of benzene rings is 1. The van der Waals surface area contributed by atoms with Crippen molar-refractivity contribution in [2.75, 3.05) is 0 Å². The minimum absolute atomic E-state index is 0.0307. The summed E-state index contributed by atoms with van der Waals surface area (Å²) in [4.78, 5) is 10.6. The number of nitrogens with zero attached hydrogens (tertiary/aromatic N) is 4. The Morgan fingerprint density at radius 2 is 2.15 bits per heavy atom. The van der Waals surface area contributed by atoms with E-state index < -0.39 is 17.6 Å². The average Bonchev–Trinajstić information content (AvgIpc) is 2.79. The second-order valence-electron chi connectivity index (χ2n) is 4.52. The molecular weight excluding hydrogens is 270 g/mol. The molecule has 2 aromatic rings. The van der Waals surface area contributed by atoms with Crippen LogP contribution in [0.25, 0.3) is 11.4 Å². The van der Waals surface area contributed by atoms with Crippen molar-refractivity contribution in [1.82, 2.24) is 20.2 Å². The largest absolute Gasteiger partial charge is 0.481 e. The Hall–Kier alpha value is -2.38. The number of hydrogen-bond acceptors (Lipinski definition) is 4. The number of aliphatic carboxylic acids is 1. The standard InChI is InChI=1S/C12H12F2N4O2/c1-7(4-11(19)20)6-18-12(15-16-17-18)8-2-3-9(13)10(14)5-8/h2-3,5,7H,4,6H2,1H3,(H,19,20). The van der Waals surface area contributed by atoms with Crippen LogP contribution >= 0.6 is 0 Å². The van der Waals surface area contributed by atoms with E-state index in [1.165, 1.54) is 10.7 Å². The van der Waals surface area contributed by atoms with Gasteiger partial charge in [-0.15, -0.1) is 5.10 Å². The first-order chi connectivity index (χ1) is 9.47. The first-order valence-corrected chi connectivity index (χ1v) is 5.90. The summed E-state index contributed by atoms with van der Waals surface area (Å²) in [6.45, 7) is 2.01. The molecule has 0 fully saturated rings. The lowest BCUT2D eigenvalue weighted by molar-refractivity contribution is -0.138. The average molecular weight is 282 g/mol. The highest BCUT2D eigenvalue weighted by atomic mass is 19.2. The molecule has 1 N–H and O–H groups in total. The Kier molecular flexibility index (Phi) is 4.02. The van der Waals surface area contributed by atoms with Gasteiger partial charge in [-0.05, 0) is 34.5 Å². The van der Waals surface area contributed by atoms with Gasteiger partial charge in [0.1, 0.15) is 0 Å². The van der Waals surface area contributed by atoms with Gasteiger partial charge >= 0.3 is 5.97 Å². The van der Waals surface area contributed by atoms with Crippen molar-refractivity contribution in [2.45, 2.75) is 19.9 Å². The van der Waals surface area contributed by atoms with E-state index in [2.05, 4.69) is 15.5 Å². The zero-order chi connectivity index (χ0) is 14.7. The monoisotopic (exact) mass is 282 g/mol. The quantitative estimate of drug-likeness (QED) is 0.903. The van der Waals surface area contributed by atoms with Crippen LogP contribution in [0.2, 0.25) is 0 Å². The molecule has 0 amide bonds. The third-order valence-electron chi connectivity index (χ3n) is 2.72. The maximum absolute atomic E-state index is 13.2. The number of halogens is 2. The van der Waals surface area contributed by atoms with Crippen molar-refractivity contribution in [3.63, 3.8) is 0 Å². The van der Waals surface area contributed by atoms with Crippen molar-refractivity contribution in [3.8, 4) is 11.4 Å².